The maximum Gasteiger partial charge on any atom is 0.407 e. The van der Waals surface area contributed by atoms with E-state index < -0.39 is 6.10 Å². The lowest BCUT2D eigenvalue weighted by molar-refractivity contribution is 0.169. The molecule has 5 heteroatoms. The van der Waals surface area contributed by atoms with Crippen LogP contribution in [-0.2, 0) is 4.74 Å². The van der Waals surface area contributed by atoms with Crippen LogP contribution in [0.25, 0.3) is 0 Å². The average Bonchev–Trinajstić information content (AvgIpc) is 2.52. The van der Waals surface area contributed by atoms with Gasteiger partial charge in [0.25, 0.3) is 0 Å². The summed E-state index contributed by atoms with van der Waals surface area (Å²) >= 11 is 0. The van der Waals surface area contributed by atoms with Crippen molar-refractivity contribution in [2.24, 2.45) is 0 Å². The molecule has 0 unspecified atom stereocenters. The average molecular weight is 201 g/mol. The molecule has 0 aromatic heterocycles. The second-order valence-electron chi connectivity index (χ2n) is 3.18. The van der Waals surface area contributed by atoms with Gasteiger partial charge in [0, 0.05) is 6.61 Å². The minimum atomic E-state index is -0.613. The number of carbonyl (C=O) groups excluding carboxylic acids is 1. The molecule has 1 amide bonds. The molecule has 0 aliphatic carbocycles. The van der Waals surface area contributed by atoms with Gasteiger partial charge >= 0.3 is 6.09 Å². The highest BCUT2D eigenvalue weighted by Gasteiger charge is 2.20. The fourth-order valence-corrected chi connectivity index (χ4v) is 1.18. The van der Waals surface area contributed by atoms with Crippen molar-refractivity contribution in [3.63, 3.8) is 0 Å². The normalized spacial score (nSPS) is 23.6. The fraction of sp³-hybridized carbons (Fsp3) is 0.667. The van der Waals surface area contributed by atoms with E-state index in [1.54, 1.807) is 12.2 Å². The van der Waals surface area contributed by atoms with Gasteiger partial charge in [-0.1, -0.05) is 12.2 Å². The van der Waals surface area contributed by atoms with Crippen LogP contribution in [0.4, 0.5) is 4.79 Å². The molecular formula is C9H15NO4. The highest BCUT2D eigenvalue weighted by atomic mass is 16.6. The van der Waals surface area contributed by atoms with Crippen molar-refractivity contribution in [1.29, 1.82) is 0 Å². The first-order valence-corrected chi connectivity index (χ1v) is 4.61. The molecule has 1 aliphatic rings. The van der Waals surface area contributed by atoms with E-state index in [4.69, 9.17) is 5.11 Å². The topological polar surface area (TPSA) is 78.8 Å². The van der Waals surface area contributed by atoms with Crippen LogP contribution in [0.15, 0.2) is 12.2 Å². The number of carbonyl (C=O) groups is 1. The van der Waals surface area contributed by atoms with Crippen LogP contribution in [0.3, 0.4) is 0 Å². The lowest BCUT2D eigenvalue weighted by Crippen LogP contribution is -2.25. The van der Waals surface area contributed by atoms with Crippen molar-refractivity contribution in [1.82, 2.24) is 5.32 Å². The molecule has 5 nitrogen and oxygen atoms in total. The number of cyclic esters (lactones) is 1. The molecular weight excluding hydrogens is 186 g/mol. The molecule has 80 valence electrons. The molecule has 1 rings (SSSR count). The molecule has 3 N–H and O–H groups in total. The Morgan fingerprint density at radius 3 is 3.07 bits per heavy atom. The molecule has 0 radical (unpaired) electrons. The SMILES string of the molecule is O=C1N[C@@H](C/C=C\[C@@H](O)CCO)CO1. The fourth-order valence-electron chi connectivity index (χ4n) is 1.18. The van der Waals surface area contributed by atoms with Gasteiger partial charge in [0.2, 0.25) is 0 Å². The molecule has 1 fully saturated rings. The number of hydrogen-bond donors (Lipinski definition) is 3. The van der Waals surface area contributed by atoms with Gasteiger partial charge in [0.05, 0.1) is 12.1 Å². The first kappa shape index (κ1) is 11.0. The molecule has 14 heavy (non-hydrogen) atoms. The zero-order chi connectivity index (χ0) is 10.4. The summed E-state index contributed by atoms with van der Waals surface area (Å²) in [6.45, 7) is 0.341. The second kappa shape index (κ2) is 5.62. The summed E-state index contributed by atoms with van der Waals surface area (Å²) in [5, 5.41) is 20.3. The van der Waals surface area contributed by atoms with E-state index in [2.05, 4.69) is 10.1 Å². The first-order valence-electron chi connectivity index (χ1n) is 4.61. The number of aliphatic hydroxyl groups excluding tert-OH is 2. The number of hydrogen-bond acceptors (Lipinski definition) is 4. The lowest BCUT2D eigenvalue weighted by atomic mass is 10.2. The first-order chi connectivity index (χ1) is 6.72. The summed E-state index contributed by atoms with van der Waals surface area (Å²) in [4.78, 5) is 10.6. The molecule has 1 aliphatic heterocycles. The molecule has 1 heterocycles. The Balaban J connectivity index is 2.16. The Bertz CT molecular complexity index is 217. The summed E-state index contributed by atoms with van der Waals surface area (Å²) < 4.78 is 4.68. The van der Waals surface area contributed by atoms with E-state index in [0.29, 0.717) is 19.4 Å². The quantitative estimate of drug-likeness (QED) is 0.537. The third-order valence-corrected chi connectivity index (χ3v) is 1.94. The van der Waals surface area contributed by atoms with Crippen LogP contribution in [0, 0.1) is 0 Å². The van der Waals surface area contributed by atoms with Gasteiger partial charge in [0.1, 0.15) is 6.61 Å². The van der Waals surface area contributed by atoms with Gasteiger partial charge in [-0.2, -0.15) is 0 Å². The highest BCUT2D eigenvalue weighted by molar-refractivity contribution is 5.69. The zero-order valence-corrected chi connectivity index (χ0v) is 7.85. The Kier molecular flexibility index (Phi) is 4.42. The smallest absolute Gasteiger partial charge is 0.407 e. The molecule has 0 spiro atoms. The van der Waals surface area contributed by atoms with E-state index in [9.17, 15) is 9.90 Å². The number of alkyl carbamates (subject to hydrolysis) is 1. The van der Waals surface area contributed by atoms with Crippen LogP contribution < -0.4 is 5.32 Å². The number of nitrogens with one attached hydrogen (secondary N) is 1. The van der Waals surface area contributed by atoms with Gasteiger partial charge in [-0.3, -0.25) is 0 Å². The summed E-state index contributed by atoms with van der Waals surface area (Å²) in [5.41, 5.74) is 0. The van der Waals surface area contributed by atoms with E-state index in [1.165, 1.54) is 0 Å². The van der Waals surface area contributed by atoms with Crippen molar-refractivity contribution in [2.75, 3.05) is 13.2 Å². The summed E-state index contributed by atoms with van der Waals surface area (Å²) in [7, 11) is 0. The van der Waals surface area contributed by atoms with Gasteiger partial charge < -0.3 is 20.3 Å². The maximum atomic E-state index is 10.6. The largest absolute Gasteiger partial charge is 0.447 e. The van der Waals surface area contributed by atoms with Crippen LogP contribution in [0.5, 0.6) is 0 Å². The molecule has 2 atom stereocenters. The number of amides is 1. The van der Waals surface area contributed by atoms with Crippen LogP contribution >= 0.6 is 0 Å². The molecule has 0 saturated carbocycles. The van der Waals surface area contributed by atoms with Crippen molar-refractivity contribution in [3.05, 3.63) is 12.2 Å². The number of aliphatic hydroxyl groups is 2. The van der Waals surface area contributed by atoms with Crippen LogP contribution in [-0.4, -0.2) is 41.7 Å². The summed E-state index contributed by atoms with van der Waals surface area (Å²) in [5.74, 6) is 0. The van der Waals surface area contributed by atoms with Crippen LogP contribution in [0.2, 0.25) is 0 Å². The summed E-state index contributed by atoms with van der Waals surface area (Å²) in [6.07, 6.45) is 3.36. The maximum absolute atomic E-state index is 10.6. The third-order valence-electron chi connectivity index (χ3n) is 1.94. The van der Waals surface area contributed by atoms with Gasteiger partial charge in [-0.15, -0.1) is 0 Å². The van der Waals surface area contributed by atoms with Crippen molar-refractivity contribution in [3.8, 4) is 0 Å². The lowest BCUT2D eigenvalue weighted by Gasteiger charge is -2.04. The van der Waals surface area contributed by atoms with Crippen molar-refractivity contribution < 1.29 is 19.7 Å². The summed E-state index contributed by atoms with van der Waals surface area (Å²) in [6, 6.07) is 0.0000709. The third kappa shape index (κ3) is 3.76. The van der Waals surface area contributed by atoms with E-state index in [-0.39, 0.29) is 18.7 Å². The number of ether oxygens (including phenoxy) is 1. The molecule has 0 aromatic carbocycles. The molecule has 0 bridgehead atoms. The van der Waals surface area contributed by atoms with E-state index in [1.807, 2.05) is 0 Å². The Morgan fingerprint density at radius 1 is 1.71 bits per heavy atom. The minimum absolute atomic E-state index is 0.0000709. The molecule has 1 saturated heterocycles. The predicted molar refractivity (Wildman–Crippen MR) is 49.7 cm³/mol. The standard InChI is InChI=1S/C9H15NO4/c11-5-4-8(12)3-1-2-7-6-14-9(13)10-7/h1,3,7-8,11-12H,2,4-6H2,(H,10,13)/b3-1-/t7-,8+/m0/s1. The minimum Gasteiger partial charge on any atom is -0.447 e. The van der Waals surface area contributed by atoms with Gasteiger partial charge in [-0.05, 0) is 12.8 Å². The monoisotopic (exact) mass is 201 g/mol. The zero-order valence-electron chi connectivity index (χ0n) is 7.85. The van der Waals surface area contributed by atoms with Crippen molar-refractivity contribution >= 4 is 6.09 Å². The van der Waals surface area contributed by atoms with Crippen LogP contribution in [0.1, 0.15) is 12.8 Å². The van der Waals surface area contributed by atoms with Gasteiger partial charge in [-0.25, -0.2) is 4.79 Å². The molecule has 0 aromatic rings. The van der Waals surface area contributed by atoms with Gasteiger partial charge in [0.15, 0.2) is 0 Å². The highest BCUT2D eigenvalue weighted by Crippen LogP contribution is 2.03. The van der Waals surface area contributed by atoms with E-state index >= 15 is 0 Å². The second-order valence-corrected chi connectivity index (χ2v) is 3.18. The predicted octanol–water partition coefficient (Wildman–Crippen LogP) is -0.216. The Hall–Kier alpha value is -1.07. The Labute approximate surface area is 82.4 Å². The van der Waals surface area contributed by atoms with E-state index in [0.717, 1.165) is 0 Å². The number of rotatable bonds is 5. The van der Waals surface area contributed by atoms with Crippen molar-refractivity contribution in [2.45, 2.75) is 25.0 Å². The Morgan fingerprint density at radius 2 is 2.50 bits per heavy atom.